The van der Waals surface area contributed by atoms with Crippen molar-refractivity contribution >= 4 is 5.91 Å². The molecule has 0 aliphatic carbocycles. The first-order chi connectivity index (χ1) is 12.6. The van der Waals surface area contributed by atoms with E-state index in [4.69, 9.17) is 0 Å². The zero-order valence-corrected chi connectivity index (χ0v) is 16.2. The highest BCUT2D eigenvalue weighted by atomic mass is 16.2. The minimum absolute atomic E-state index is 0.109. The minimum Gasteiger partial charge on any atom is -0.330 e. The third-order valence-corrected chi connectivity index (χ3v) is 5.00. The van der Waals surface area contributed by atoms with Crippen LogP contribution in [-0.2, 0) is 13.1 Å². The molecule has 1 aromatic heterocycles. The Hall–Kier alpha value is -2.14. The number of nitrogens with zero attached hydrogens (tertiary/aromatic N) is 4. The molecule has 1 amide bonds. The second-order valence-electron chi connectivity index (χ2n) is 7.43. The van der Waals surface area contributed by atoms with Crippen molar-refractivity contribution in [1.29, 1.82) is 0 Å². The van der Waals surface area contributed by atoms with Gasteiger partial charge in [0.2, 0.25) is 0 Å². The fourth-order valence-corrected chi connectivity index (χ4v) is 3.78. The lowest BCUT2D eigenvalue weighted by atomic mass is 9.94. The van der Waals surface area contributed by atoms with Gasteiger partial charge in [-0.25, -0.2) is 0 Å². The Labute approximate surface area is 156 Å². The summed E-state index contributed by atoms with van der Waals surface area (Å²) in [6.45, 7) is 4.64. The lowest BCUT2D eigenvalue weighted by Crippen LogP contribution is -2.39. The van der Waals surface area contributed by atoms with Crippen LogP contribution in [0.3, 0.4) is 0 Å². The van der Waals surface area contributed by atoms with Crippen LogP contribution in [0.15, 0.2) is 36.5 Å². The van der Waals surface area contributed by atoms with E-state index in [1.807, 2.05) is 15.6 Å². The average Bonchev–Trinajstić information content (AvgIpc) is 3.10. The van der Waals surface area contributed by atoms with Crippen molar-refractivity contribution in [2.24, 2.45) is 0 Å². The second-order valence-corrected chi connectivity index (χ2v) is 7.43. The van der Waals surface area contributed by atoms with Gasteiger partial charge in [-0.1, -0.05) is 31.2 Å². The summed E-state index contributed by atoms with van der Waals surface area (Å²) >= 11 is 0. The third kappa shape index (κ3) is 4.15. The Morgan fingerprint density at radius 1 is 1.19 bits per heavy atom. The topological polar surface area (TPSA) is 41.4 Å². The summed E-state index contributed by atoms with van der Waals surface area (Å²) in [5.74, 6) is 0.109. The highest BCUT2D eigenvalue weighted by molar-refractivity contribution is 5.93. The highest BCUT2D eigenvalue weighted by Gasteiger charge is 2.30. The van der Waals surface area contributed by atoms with Gasteiger partial charge in [-0.15, -0.1) is 0 Å². The van der Waals surface area contributed by atoms with E-state index < -0.39 is 0 Å². The van der Waals surface area contributed by atoms with E-state index in [2.05, 4.69) is 55.3 Å². The van der Waals surface area contributed by atoms with Crippen LogP contribution >= 0.6 is 0 Å². The molecule has 2 aromatic rings. The maximum Gasteiger partial charge on any atom is 0.272 e. The Kier molecular flexibility index (Phi) is 6.09. The van der Waals surface area contributed by atoms with Crippen LogP contribution in [0.5, 0.6) is 0 Å². The number of benzene rings is 1. The van der Waals surface area contributed by atoms with Crippen molar-refractivity contribution < 1.29 is 4.79 Å². The van der Waals surface area contributed by atoms with E-state index in [9.17, 15) is 4.79 Å². The molecule has 140 valence electrons. The molecule has 1 aromatic carbocycles. The molecule has 2 heterocycles. The number of aryl methyl sites for hydroxylation is 1. The van der Waals surface area contributed by atoms with Crippen LogP contribution in [-0.4, -0.2) is 46.1 Å². The molecule has 1 fully saturated rings. The molecule has 1 atom stereocenters. The van der Waals surface area contributed by atoms with Crippen LogP contribution in [0.4, 0.5) is 0 Å². The van der Waals surface area contributed by atoms with Gasteiger partial charge in [0.1, 0.15) is 5.69 Å². The molecule has 1 aliphatic rings. The number of amides is 1. The predicted molar refractivity (Wildman–Crippen MR) is 104 cm³/mol. The summed E-state index contributed by atoms with van der Waals surface area (Å²) in [4.78, 5) is 17.4. The number of hydrogen-bond acceptors (Lipinski definition) is 3. The number of hydrogen-bond donors (Lipinski definition) is 0. The molecular formula is C21H30N4O. The van der Waals surface area contributed by atoms with Gasteiger partial charge in [0.15, 0.2) is 0 Å². The van der Waals surface area contributed by atoms with Crippen molar-refractivity contribution in [3.8, 4) is 0 Å². The first kappa shape index (κ1) is 18.6. The number of piperidine rings is 1. The summed E-state index contributed by atoms with van der Waals surface area (Å²) in [5, 5.41) is 4.32. The molecule has 1 aliphatic heterocycles. The van der Waals surface area contributed by atoms with E-state index in [1.54, 1.807) is 6.20 Å². The maximum absolute atomic E-state index is 13.2. The molecule has 0 radical (unpaired) electrons. The Balaban J connectivity index is 1.81. The van der Waals surface area contributed by atoms with Crippen LogP contribution in [0.2, 0.25) is 0 Å². The van der Waals surface area contributed by atoms with Gasteiger partial charge in [0.25, 0.3) is 5.91 Å². The van der Waals surface area contributed by atoms with Crippen molar-refractivity contribution in [2.75, 3.05) is 20.6 Å². The number of likely N-dealkylation sites (tertiary alicyclic amines) is 1. The molecule has 5 heteroatoms. The quantitative estimate of drug-likeness (QED) is 0.794. The first-order valence-electron chi connectivity index (χ1n) is 9.66. The molecule has 0 unspecified atom stereocenters. The predicted octanol–water partition coefficient (Wildman–Crippen LogP) is 3.72. The summed E-state index contributed by atoms with van der Waals surface area (Å²) in [5.41, 5.74) is 3.25. The van der Waals surface area contributed by atoms with Crippen LogP contribution in [0.1, 0.15) is 60.3 Å². The summed E-state index contributed by atoms with van der Waals surface area (Å²) < 4.78 is 1.84. The molecule has 0 saturated carbocycles. The Bertz CT molecular complexity index is 720. The van der Waals surface area contributed by atoms with Crippen LogP contribution in [0.25, 0.3) is 0 Å². The minimum atomic E-state index is 0.109. The van der Waals surface area contributed by atoms with Crippen molar-refractivity contribution in [1.82, 2.24) is 19.6 Å². The fraction of sp³-hybridized carbons (Fsp3) is 0.524. The number of carbonyl (C=O) groups is 1. The molecule has 5 nitrogen and oxygen atoms in total. The van der Waals surface area contributed by atoms with Crippen LogP contribution < -0.4 is 0 Å². The first-order valence-corrected chi connectivity index (χ1v) is 9.66. The maximum atomic E-state index is 13.2. The largest absolute Gasteiger partial charge is 0.330 e. The zero-order valence-electron chi connectivity index (χ0n) is 16.2. The summed E-state index contributed by atoms with van der Waals surface area (Å²) in [7, 11) is 4.16. The van der Waals surface area contributed by atoms with Gasteiger partial charge >= 0.3 is 0 Å². The molecule has 1 saturated heterocycles. The van der Waals surface area contributed by atoms with Gasteiger partial charge in [-0.3, -0.25) is 9.48 Å². The number of rotatable bonds is 6. The lowest BCUT2D eigenvalue weighted by Gasteiger charge is -2.36. The lowest BCUT2D eigenvalue weighted by molar-refractivity contribution is 0.0598. The monoisotopic (exact) mass is 354 g/mol. The van der Waals surface area contributed by atoms with Crippen LogP contribution in [0, 0.1) is 0 Å². The zero-order chi connectivity index (χ0) is 18.5. The van der Waals surface area contributed by atoms with E-state index >= 15 is 0 Å². The molecule has 0 N–H and O–H groups in total. The van der Waals surface area contributed by atoms with Gasteiger partial charge in [-0.2, -0.15) is 5.10 Å². The van der Waals surface area contributed by atoms with Crippen molar-refractivity contribution in [2.45, 2.75) is 51.7 Å². The second kappa shape index (κ2) is 8.49. The van der Waals surface area contributed by atoms with Gasteiger partial charge in [0.05, 0.1) is 6.04 Å². The summed E-state index contributed by atoms with van der Waals surface area (Å²) in [6, 6.07) is 10.8. The molecular weight excluding hydrogens is 324 g/mol. The van der Waals surface area contributed by atoms with E-state index in [-0.39, 0.29) is 11.9 Å². The smallest absolute Gasteiger partial charge is 0.272 e. The normalized spacial score (nSPS) is 17.7. The molecule has 0 spiro atoms. The Morgan fingerprint density at radius 2 is 1.96 bits per heavy atom. The van der Waals surface area contributed by atoms with Crippen molar-refractivity contribution in [3.63, 3.8) is 0 Å². The van der Waals surface area contributed by atoms with Gasteiger partial charge in [0, 0.05) is 25.8 Å². The average molecular weight is 354 g/mol. The van der Waals surface area contributed by atoms with E-state index in [0.717, 1.165) is 38.9 Å². The molecule has 0 bridgehead atoms. The Morgan fingerprint density at radius 3 is 2.65 bits per heavy atom. The van der Waals surface area contributed by atoms with E-state index in [1.165, 1.54) is 17.5 Å². The highest BCUT2D eigenvalue weighted by Crippen LogP contribution is 2.32. The van der Waals surface area contributed by atoms with Crippen molar-refractivity contribution in [3.05, 3.63) is 53.3 Å². The van der Waals surface area contributed by atoms with E-state index in [0.29, 0.717) is 5.69 Å². The third-order valence-electron chi connectivity index (χ3n) is 5.00. The number of aromatic nitrogens is 2. The summed E-state index contributed by atoms with van der Waals surface area (Å²) in [6.07, 6.45) is 5.97. The van der Waals surface area contributed by atoms with Gasteiger partial charge < -0.3 is 9.80 Å². The van der Waals surface area contributed by atoms with Gasteiger partial charge in [-0.05, 0) is 57.0 Å². The number of carbonyl (C=O) groups excluding carboxylic acids is 1. The molecule has 3 rings (SSSR count). The SMILES string of the molecule is CCCn1nccc1C(=O)N1CCCC[C@@H]1c1ccc(CN(C)C)cc1. The standard InChI is InChI=1S/C21H30N4O/c1-4-14-25-20(12-13-22-25)21(26)24-15-6-5-7-19(24)18-10-8-17(9-11-18)16-23(2)3/h8-13,19H,4-7,14-16H2,1-3H3/t19-/m1/s1. The fourth-order valence-electron chi connectivity index (χ4n) is 3.78. The molecule has 26 heavy (non-hydrogen) atoms.